The third kappa shape index (κ3) is 4.27. The molecule has 0 N–H and O–H groups in total. The predicted octanol–water partition coefficient (Wildman–Crippen LogP) is 2.71. The lowest BCUT2D eigenvalue weighted by molar-refractivity contribution is 0.0754. The molecule has 1 amide bonds. The van der Waals surface area contributed by atoms with Gasteiger partial charge in [0.05, 0.1) is 17.8 Å². The van der Waals surface area contributed by atoms with Crippen LogP contribution in [0.4, 0.5) is 0 Å². The number of hydrogen-bond acceptors (Lipinski definition) is 5. The summed E-state index contributed by atoms with van der Waals surface area (Å²) in [7, 11) is 1.76. The normalized spacial score (nSPS) is 16.7. The number of halogens is 1. The summed E-state index contributed by atoms with van der Waals surface area (Å²) in [6.07, 6.45) is 4.35. The first-order chi connectivity index (χ1) is 12.2. The summed E-state index contributed by atoms with van der Waals surface area (Å²) in [5.41, 5.74) is 0.278. The van der Waals surface area contributed by atoms with Crippen LogP contribution >= 0.6 is 11.6 Å². The molecule has 26 heavy (non-hydrogen) atoms. The first-order valence-corrected chi connectivity index (χ1v) is 9.28. The number of carbonyl (C=O) groups is 1. The van der Waals surface area contributed by atoms with Gasteiger partial charge in [0.15, 0.2) is 5.69 Å². The van der Waals surface area contributed by atoms with E-state index < -0.39 is 0 Å². The maximum atomic E-state index is 12.7. The quantitative estimate of drug-likeness (QED) is 0.820. The van der Waals surface area contributed by atoms with E-state index in [9.17, 15) is 4.79 Å². The Labute approximate surface area is 158 Å². The van der Waals surface area contributed by atoms with Crippen molar-refractivity contribution in [3.8, 4) is 0 Å². The highest BCUT2D eigenvalue weighted by atomic mass is 35.5. The SMILES string of the molecule is Cn1cc(Cl)c(C(=O)N2CCCN(Cc3ncc(C(C)(C)C)o3)CC2)n1. The predicted molar refractivity (Wildman–Crippen MR) is 99.2 cm³/mol. The molecule has 3 heterocycles. The fraction of sp³-hybridized carbons (Fsp3) is 0.611. The fourth-order valence-electron chi connectivity index (χ4n) is 3.01. The Morgan fingerprint density at radius 2 is 2.04 bits per heavy atom. The van der Waals surface area contributed by atoms with Crippen molar-refractivity contribution < 1.29 is 9.21 Å². The number of oxazole rings is 1. The lowest BCUT2D eigenvalue weighted by Gasteiger charge is -2.20. The van der Waals surface area contributed by atoms with Crippen LogP contribution in [0.3, 0.4) is 0 Å². The molecule has 0 atom stereocenters. The van der Waals surface area contributed by atoms with E-state index in [4.69, 9.17) is 16.0 Å². The number of aromatic nitrogens is 3. The zero-order valence-corrected chi connectivity index (χ0v) is 16.6. The van der Waals surface area contributed by atoms with Gasteiger partial charge in [0.2, 0.25) is 5.89 Å². The van der Waals surface area contributed by atoms with Crippen molar-refractivity contribution >= 4 is 17.5 Å². The van der Waals surface area contributed by atoms with E-state index in [1.165, 1.54) is 0 Å². The summed E-state index contributed by atoms with van der Waals surface area (Å²) in [5.74, 6) is 1.51. The van der Waals surface area contributed by atoms with Gasteiger partial charge in [0.1, 0.15) is 5.76 Å². The second-order valence-corrected chi connectivity index (χ2v) is 8.20. The third-order valence-electron chi connectivity index (χ3n) is 4.51. The molecule has 1 fully saturated rings. The van der Waals surface area contributed by atoms with Gasteiger partial charge in [-0.1, -0.05) is 32.4 Å². The largest absolute Gasteiger partial charge is 0.444 e. The van der Waals surface area contributed by atoms with Crippen molar-refractivity contribution in [3.63, 3.8) is 0 Å². The summed E-state index contributed by atoms with van der Waals surface area (Å²) in [5, 5.41) is 4.58. The van der Waals surface area contributed by atoms with Crippen LogP contribution in [-0.2, 0) is 19.0 Å². The summed E-state index contributed by atoms with van der Waals surface area (Å²) < 4.78 is 7.45. The van der Waals surface area contributed by atoms with Crippen molar-refractivity contribution in [2.45, 2.75) is 39.2 Å². The first kappa shape index (κ1) is 18.9. The van der Waals surface area contributed by atoms with Crippen LogP contribution in [0.5, 0.6) is 0 Å². The van der Waals surface area contributed by atoms with Gasteiger partial charge in [-0.25, -0.2) is 4.98 Å². The molecule has 0 radical (unpaired) electrons. The van der Waals surface area contributed by atoms with Gasteiger partial charge >= 0.3 is 0 Å². The molecule has 8 heteroatoms. The summed E-state index contributed by atoms with van der Waals surface area (Å²) >= 11 is 6.11. The van der Waals surface area contributed by atoms with Gasteiger partial charge in [-0.05, 0) is 6.42 Å². The molecule has 0 saturated carbocycles. The molecule has 0 spiro atoms. The van der Waals surface area contributed by atoms with Crippen molar-refractivity contribution in [2.75, 3.05) is 26.2 Å². The van der Waals surface area contributed by atoms with Gasteiger partial charge in [0, 0.05) is 44.8 Å². The van der Waals surface area contributed by atoms with Gasteiger partial charge in [-0.3, -0.25) is 14.4 Å². The molecule has 1 aliphatic rings. The minimum atomic E-state index is -0.108. The van der Waals surface area contributed by atoms with Gasteiger partial charge < -0.3 is 9.32 Å². The van der Waals surface area contributed by atoms with Crippen LogP contribution in [0, 0.1) is 0 Å². The number of rotatable bonds is 3. The molecular weight excluding hydrogens is 354 g/mol. The van der Waals surface area contributed by atoms with Crippen molar-refractivity contribution in [3.05, 3.63) is 34.8 Å². The van der Waals surface area contributed by atoms with E-state index in [-0.39, 0.29) is 11.3 Å². The molecule has 7 nitrogen and oxygen atoms in total. The van der Waals surface area contributed by atoms with Crippen LogP contribution in [-0.4, -0.2) is 56.7 Å². The van der Waals surface area contributed by atoms with Crippen LogP contribution in [0.1, 0.15) is 49.3 Å². The van der Waals surface area contributed by atoms with Crippen LogP contribution in [0.25, 0.3) is 0 Å². The Balaban J connectivity index is 1.60. The second kappa shape index (κ2) is 7.40. The average molecular weight is 380 g/mol. The van der Waals surface area contributed by atoms with Gasteiger partial charge in [-0.2, -0.15) is 5.10 Å². The Hall–Kier alpha value is -1.86. The summed E-state index contributed by atoms with van der Waals surface area (Å²) in [6.45, 7) is 9.97. The van der Waals surface area contributed by atoms with E-state index in [0.717, 1.165) is 31.2 Å². The zero-order valence-electron chi connectivity index (χ0n) is 15.8. The van der Waals surface area contributed by atoms with E-state index in [1.54, 1.807) is 17.9 Å². The van der Waals surface area contributed by atoms with E-state index in [1.807, 2.05) is 11.1 Å². The highest BCUT2D eigenvalue weighted by Gasteiger charge is 2.25. The average Bonchev–Trinajstić information content (AvgIpc) is 3.07. The fourth-order valence-corrected chi connectivity index (χ4v) is 3.27. The van der Waals surface area contributed by atoms with Gasteiger partial charge in [-0.15, -0.1) is 0 Å². The monoisotopic (exact) mass is 379 g/mol. The smallest absolute Gasteiger partial charge is 0.275 e. The number of aryl methyl sites for hydroxylation is 1. The number of hydrogen-bond donors (Lipinski definition) is 0. The maximum absolute atomic E-state index is 12.7. The number of amides is 1. The van der Waals surface area contributed by atoms with Crippen LogP contribution in [0.2, 0.25) is 5.02 Å². The van der Waals surface area contributed by atoms with Crippen molar-refractivity contribution in [2.24, 2.45) is 7.05 Å². The Kier molecular flexibility index (Phi) is 5.39. The first-order valence-electron chi connectivity index (χ1n) is 8.90. The number of carbonyl (C=O) groups excluding carboxylic acids is 1. The lowest BCUT2D eigenvalue weighted by atomic mass is 9.94. The summed E-state index contributed by atoms with van der Waals surface area (Å²) in [6, 6.07) is 0. The molecule has 0 aromatic carbocycles. The number of nitrogens with zero attached hydrogens (tertiary/aromatic N) is 5. The molecule has 2 aromatic rings. The molecular formula is C18H26ClN5O2. The molecule has 3 rings (SSSR count). The van der Waals surface area contributed by atoms with E-state index in [0.29, 0.717) is 30.4 Å². The Bertz CT molecular complexity index is 777. The zero-order chi connectivity index (χ0) is 18.9. The molecule has 2 aromatic heterocycles. The summed E-state index contributed by atoms with van der Waals surface area (Å²) in [4.78, 5) is 21.2. The minimum absolute atomic E-state index is 0.0464. The Morgan fingerprint density at radius 1 is 1.27 bits per heavy atom. The Morgan fingerprint density at radius 3 is 2.65 bits per heavy atom. The van der Waals surface area contributed by atoms with Crippen molar-refractivity contribution in [1.82, 2.24) is 24.6 Å². The molecule has 0 unspecified atom stereocenters. The van der Waals surface area contributed by atoms with Crippen LogP contribution < -0.4 is 0 Å². The topological polar surface area (TPSA) is 67.4 Å². The highest BCUT2D eigenvalue weighted by Crippen LogP contribution is 2.23. The standard InChI is InChI=1S/C18H26ClN5O2/c1-18(2,3)14-10-20-15(26-14)12-23-6-5-7-24(9-8-23)17(25)16-13(19)11-22(4)21-16/h10-11H,5-9,12H2,1-4H3. The molecule has 0 aliphatic carbocycles. The molecule has 0 bridgehead atoms. The van der Waals surface area contributed by atoms with Gasteiger partial charge in [0.25, 0.3) is 5.91 Å². The molecule has 142 valence electrons. The third-order valence-corrected chi connectivity index (χ3v) is 4.79. The minimum Gasteiger partial charge on any atom is -0.444 e. The van der Waals surface area contributed by atoms with E-state index in [2.05, 4.69) is 35.8 Å². The maximum Gasteiger partial charge on any atom is 0.275 e. The molecule has 1 aliphatic heterocycles. The lowest BCUT2D eigenvalue weighted by Crippen LogP contribution is -2.35. The molecule has 1 saturated heterocycles. The second-order valence-electron chi connectivity index (χ2n) is 7.79. The van der Waals surface area contributed by atoms with Crippen LogP contribution in [0.15, 0.2) is 16.8 Å². The highest BCUT2D eigenvalue weighted by molar-refractivity contribution is 6.33. The van der Waals surface area contributed by atoms with E-state index >= 15 is 0 Å². The van der Waals surface area contributed by atoms with Crippen molar-refractivity contribution in [1.29, 1.82) is 0 Å².